The van der Waals surface area contributed by atoms with E-state index in [0.717, 1.165) is 23.5 Å². The number of nitrogens with two attached hydrogens (primary N) is 1. The summed E-state index contributed by atoms with van der Waals surface area (Å²) in [6.45, 7) is 0.677. The molecule has 20 heavy (non-hydrogen) atoms. The minimum Gasteiger partial charge on any atom is -0.361 e. The van der Waals surface area contributed by atoms with Crippen molar-refractivity contribution in [3.63, 3.8) is 0 Å². The monoisotopic (exact) mass is 314 g/mol. The molecule has 0 unspecified atom stereocenters. The molecule has 0 radical (unpaired) electrons. The Morgan fingerprint density at radius 3 is 2.05 bits per heavy atom. The Labute approximate surface area is 132 Å². The maximum Gasteiger partial charge on any atom is 0.150 e. The van der Waals surface area contributed by atoms with E-state index in [1.807, 2.05) is 31.1 Å². The van der Waals surface area contributed by atoms with Crippen molar-refractivity contribution in [1.82, 2.24) is 10.2 Å². The van der Waals surface area contributed by atoms with Crippen LogP contribution in [0.2, 0.25) is 0 Å². The lowest BCUT2D eigenvalue weighted by atomic mass is 10.1. The molecule has 1 heterocycles. The van der Waals surface area contributed by atoms with Crippen molar-refractivity contribution in [3.8, 4) is 11.3 Å². The predicted octanol–water partition coefficient (Wildman–Crippen LogP) is 2.55. The molecule has 0 bridgehead atoms. The second kappa shape index (κ2) is 8.74. The lowest BCUT2D eigenvalue weighted by Gasteiger charge is -2.10. The highest BCUT2D eigenvalue weighted by molar-refractivity contribution is 5.85. The number of halogens is 2. The quantitative estimate of drug-likeness (QED) is 0.942. The number of nitrogens with zero attached hydrogens (tertiary/aromatic N) is 3. The second-order valence-electron chi connectivity index (χ2n) is 4.41. The summed E-state index contributed by atoms with van der Waals surface area (Å²) in [5, 5.41) is 8.40. The molecule has 6 heteroatoms. The summed E-state index contributed by atoms with van der Waals surface area (Å²) in [5.41, 5.74) is 8.74. The smallest absolute Gasteiger partial charge is 0.150 e. The molecule has 0 spiro atoms. The highest BCUT2D eigenvalue weighted by atomic mass is 35.5. The summed E-state index contributed by atoms with van der Waals surface area (Å²) in [5.74, 6) is 0.860. The first-order valence-electron chi connectivity index (χ1n) is 6.01. The van der Waals surface area contributed by atoms with Gasteiger partial charge in [0, 0.05) is 19.7 Å². The summed E-state index contributed by atoms with van der Waals surface area (Å²) < 4.78 is 0. The van der Waals surface area contributed by atoms with Crippen LogP contribution in [0, 0.1) is 0 Å². The number of benzene rings is 1. The van der Waals surface area contributed by atoms with Gasteiger partial charge < -0.3 is 10.6 Å². The van der Waals surface area contributed by atoms with Gasteiger partial charge in [0.1, 0.15) is 0 Å². The summed E-state index contributed by atoms with van der Waals surface area (Å²) in [6.07, 6.45) is 0.908. The first-order valence-corrected chi connectivity index (χ1v) is 6.01. The zero-order valence-corrected chi connectivity index (χ0v) is 13.2. The summed E-state index contributed by atoms with van der Waals surface area (Å²) in [7, 11) is 3.90. The molecule has 1 aromatic carbocycles. The highest BCUT2D eigenvalue weighted by Gasteiger charge is 2.02. The van der Waals surface area contributed by atoms with Crippen LogP contribution in [0.15, 0.2) is 36.4 Å². The van der Waals surface area contributed by atoms with Gasteiger partial charge in [0.25, 0.3) is 0 Å². The van der Waals surface area contributed by atoms with Crippen molar-refractivity contribution in [2.45, 2.75) is 6.42 Å². The fourth-order valence-corrected chi connectivity index (χ4v) is 1.73. The van der Waals surface area contributed by atoms with Crippen LogP contribution in [0.4, 0.5) is 5.82 Å². The van der Waals surface area contributed by atoms with E-state index in [4.69, 9.17) is 5.73 Å². The number of hydrogen-bond donors (Lipinski definition) is 1. The Morgan fingerprint density at radius 2 is 1.60 bits per heavy atom. The Morgan fingerprint density at radius 1 is 0.950 bits per heavy atom. The van der Waals surface area contributed by atoms with Crippen LogP contribution in [0.3, 0.4) is 0 Å². The van der Waals surface area contributed by atoms with E-state index in [-0.39, 0.29) is 24.8 Å². The zero-order valence-electron chi connectivity index (χ0n) is 11.6. The van der Waals surface area contributed by atoms with Gasteiger partial charge in [-0.3, -0.25) is 0 Å². The summed E-state index contributed by atoms with van der Waals surface area (Å²) >= 11 is 0. The topological polar surface area (TPSA) is 55.0 Å². The first kappa shape index (κ1) is 18.6. The zero-order chi connectivity index (χ0) is 13.0. The van der Waals surface area contributed by atoms with Gasteiger partial charge in [0.05, 0.1) is 5.69 Å². The molecular formula is C14H20Cl2N4. The van der Waals surface area contributed by atoms with Crippen molar-refractivity contribution in [2.75, 3.05) is 25.5 Å². The standard InChI is InChI=1S/C14H18N4.2ClH/c1-18(2)14-8-7-13(16-17-14)12-5-3-11(4-6-12)9-10-15;;/h3-8H,9-10,15H2,1-2H3;2*1H. The Bertz CT molecular complexity index is 498. The third-order valence-electron chi connectivity index (χ3n) is 2.79. The van der Waals surface area contributed by atoms with Crippen LogP contribution in [-0.4, -0.2) is 30.8 Å². The predicted molar refractivity (Wildman–Crippen MR) is 89.0 cm³/mol. The molecule has 0 saturated heterocycles. The minimum atomic E-state index is 0. The first-order chi connectivity index (χ1) is 8.70. The molecular weight excluding hydrogens is 295 g/mol. The van der Waals surface area contributed by atoms with Gasteiger partial charge in [-0.2, -0.15) is 0 Å². The Balaban J connectivity index is 0.00000180. The normalized spacial score (nSPS) is 9.35. The number of hydrogen-bond acceptors (Lipinski definition) is 4. The van der Waals surface area contributed by atoms with E-state index in [1.54, 1.807) is 0 Å². The van der Waals surface area contributed by atoms with E-state index in [2.05, 4.69) is 34.5 Å². The molecule has 2 aromatic rings. The third-order valence-corrected chi connectivity index (χ3v) is 2.79. The van der Waals surface area contributed by atoms with E-state index < -0.39 is 0 Å². The van der Waals surface area contributed by atoms with Crippen LogP contribution in [-0.2, 0) is 6.42 Å². The van der Waals surface area contributed by atoms with Gasteiger partial charge >= 0.3 is 0 Å². The molecule has 2 N–H and O–H groups in total. The lowest BCUT2D eigenvalue weighted by Crippen LogP contribution is -2.11. The van der Waals surface area contributed by atoms with Gasteiger partial charge in [-0.05, 0) is 30.7 Å². The van der Waals surface area contributed by atoms with Crippen molar-refractivity contribution in [1.29, 1.82) is 0 Å². The van der Waals surface area contributed by atoms with Gasteiger partial charge in [-0.1, -0.05) is 24.3 Å². The van der Waals surface area contributed by atoms with Crippen molar-refractivity contribution >= 4 is 30.6 Å². The SMILES string of the molecule is CN(C)c1ccc(-c2ccc(CCN)cc2)nn1.Cl.Cl. The minimum absolute atomic E-state index is 0. The molecule has 0 amide bonds. The largest absolute Gasteiger partial charge is 0.361 e. The maximum atomic E-state index is 5.53. The Hall–Kier alpha value is -1.36. The fraction of sp³-hybridized carbons (Fsp3) is 0.286. The molecule has 0 saturated carbocycles. The Kier molecular flexibility index (Phi) is 8.15. The van der Waals surface area contributed by atoms with E-state index in [0.29, 0.717) is 6.54 Å². The molecule has 0 fully saturated rings. The van der Waals surface area contributed by atoms with Crippen LogP contribution < -0.4 is 10.6 Å². The van der Waals surface area contributed by atoms with E-state index in [1.165, 1.54) is 5.56 Å². The number of rotatable bonds is 4. The number of aromatic nitrogens is 2. The molecule has 0 aliphatic heterocycles. The van der Waals surface area contributed by atoms with Crippen LogP contribution >= 0.6 is 24.8 Å². The summed E-state index contributed by atoms with van der Waals surface area (Å²) in [4.78, 5) is 1.93. The molecule has 2 rings (SSSR count). The molecule has 0 aliphatic rings. The van der Waals surface area contributed by atoms with E-state index >= 15 is 0 Å². The van der Waals surface area contributed by atoms with E-state index in [9.17, 15) is 0 Å². The fourth-order valence-electron chi connectivity index (χ4n) is 1.73. The van der Waals surface area contributed by atoms with Gasteiger partial charge in [-0.25, -0.2) is 0 Å². The van der Waals surface area contributed by atoms with Crippen LogP contribution in [0.5, 0.6) is 0 Å². The molecule has 0 atom stereocenters. The molecule has 0 aliphatic carbocycles. The van der Waals surface area contributed by atoms with Crippen LogP contribution in [0.1, 0.15) is 5.56 Å². The molecule has 4 nitrogen and oxygen atoms in total. The van der Waals surface area contributed by atoms with Crippen molar-refractivity contribution in [2.24, 2.45) is 5.73 Å². The third kappa shape index (κ3) is 4.63. The highest BCUT2D eigenvalue weighted by Crippen LogP contribution is 2.18. The lowest BCUT2D eigenvalue weighted by molar-refractivity contribution is 0.963. The van der Waals surface area contributed by atoms with Crippen LogP contribution in [0.25, 0.3) is 11.3 Å². The molecule has 110 valence electrons. The van der Waals surface area contributed by atoms with Crippen molar-refractivity contribution in [3.05, 3.63) is 42.0 Å². The average molecular weight is 315 g/mol. The average Bonchev–Trinajstić information content (AvgIpc) is 2.40. The van der Waals surface area contributed by atoms with Gasteiger partial charge in [0.2, 0.25) is 0 Å². The van der Waals surface area contributed by atoms with Gasteiger partial charge in [-0.15, -0.1) is 35.0 Å². The molecule has 1 aromatic heterocycles. The number of anilines is 1. The van der Waals surface area contributed by atoms with Gasteiger partial charge in [0.15, 0.2) is 5.82 Å². The summed E-state index contributed by atoms with van der Waals surface area (Å²) in [6, 6.07) is 12.2. The van der Waals surface area contributed by atoms with Crippen molar-refractivity contribution < 1.29 is 0 Å². The maximum absolute atomic E-state index is 5.53. The second-order valence-corrected chi connectivity index (χ2v) is 4.41.